The van der Waals surface area contributed by atoms with Crippen LogP contribution in [-0.4, -0.2) is 45.2 Å². The number of primary amides is 1. The van der Waals surface area contributed by atoms with E-state index in [2.05, 4.69) is 28.6 Å². The lowest BCUT2D eigenvalue weighted by atomic mass is 10.1. The molecule has 0 aliphatic carbocycles. The molecule has 0 saturated heterocycles. The zero-order valence-electron chi connectivity index (χ0n) is 18.0. The molecule has 2 aromatic carbocycles. The Bertz CT molecular complexity index is 835. The molecule has 2 rings (SSSR count). The number of nitrogens with zero attached hydrogens (tertiary/aromatic N) is 1. The fraction of sp³-hybridized carbons (Fsp3) is 0.391. The molecule has 162 valence electrons. The highest BCUT2D eigenvalue weighted by atomic mass is 16.5. The second kappa shape index (κ2) is 12.4. The second-order valence-electron chi connectivity index (χ2n) is 6.90. The maximum absolute atomic E-state index is 10.8. The van der Waals surface area contributed by atoms with E-state index in [1.807, 2.05) is 43.3 Å². The van der Waals surface area contributed by atoms with E-state index in [9.17, 15) is 4.79 Å². The molecule has 0 aliphatic rings. The standard InChI is InChI=1S/C23H32N4O3/c1-4-25-23(27-14-12-19-15-17(2)5-10-21(19)29-3)26-13-11-18-6-8-20(9-7-18)30-16-22(24)28/h5-10,15H,4,11-14,16H2,1-3H3,(H2,24,28)(H2,25,26,27). The molecule has 7 nitrogen and oxygen atoms in total. The van der Waals surface area contributed by atoms with Crippen LogP contribution in [0, 0.1) is 6.92 Å². The number of nitrogens with two attached hydrogens (primary N) is 1. The first-order chi connectivity index (χ1) is 14.5. The normalized spacial score (nSPS) is 11.1. The quantitative estimate of drug-likeness (QED) is 0.388. The van der Waals surface area contributed by atoms with E-state index < -0.39 is 5.91 Å². The number of aryl methyl sites for hydroxylation is 1. The van der Waals surface area contributed by atoms with Crippen LogP contribution in [0.3, 0.4) is 0 Å². The van der Waals surface area contributed by atoms with Crippen LogP contribution in [0.15, 0.2) is 47.5 Å². The van der Waals surface area contributed by atoms with Gasteiger partial charge in [-0.15, -0.1) is 0 Å². The van der Waals surface area contributed by atoms with Gasteiger partial charge in [0.25, 0.3) is 5.91 Å². The molecule has 7 heteroatoms. The summed E-state index contributed by atoms with van der Waals surface area (Å²) in [7, 11) is 1.69. The topological polar surface area (TPSA) is 98.0 Å². The van der Waals surface area contributed by atoms with Crippen molar-refractivity contribution in [2.24, 2.45) is 10.7 Å². The molecular formula is C23H32N4O3. The van der Waals surface area contributed by atoms with Gasteiger partial charge in [-0.1, -0.05) is 29.8 Å². The third kappa shape index (κ3) is 8.03. The molecule has 30 heavy (non-hydrogen) atoms. The lowest BCUT2D eigenvalue weighted by Gasteiger charge is -2.12. The highest BCUT2D eigenvalue weighted by Crippen LogP contribution is 2.20. The summed E-state index contributed by atoms with van der Waals surface area (Å²) in [4.78, 5) is 15.4. The molecule has 0 aromatic heterocycles. The van der Waals surface area contributed by atoms with Gasteiger partial charge < -0.3 is 25.8 Å². The van der Waals surface area contributed by atoms with Gasteiger partial charge in [-0.2, -0.15) is 0 Å². The Labute approximate surface area is 178 Å². The van der Waals surface area contributed by atoms with Crippen molar-refractivity contribution in [2.45, 2.75) is 26.7 Å². The summed E-state index contributed by atoms with van der Waals surface area (Å²) in [5, 5.41) is 6.64. The van der Waals surface area contributed by atoms with Crippen molar-refractivity contribution in [1.82, 2.24) is 10.6 Å². The minimum absolute atomic E-state index is 0.113. The van der Waals surface area contributed by atoms with Crippen LogP contribution in [0.4, 0.5) is 0 Å². The van der Waals surface area contributed by atoms with E-state index in [0.29, 0.717) is 12.3 Å². The third-order valence-electron chi connectivity index (χ3n) is 4.44. The number of hydrogen-bond donors (Lipinski definition) is 3. The molecular weight excluding hydrogens is 380 g/mol. The molecule has 0 fully saturated rings. The van der Waals surface area contributed by atoms with Gasteiger partial charge in [-0.3, -0.25) is 9.79 Å². The van der Waals surface area contributed by atoms with Crippen LogP contribution in [0.5, 0.6) is 11.5 Å². The van der Waals surface area contributed by atoms with Crippen molar-refractivity contribution in [1.29, 1.82) is 0 Å². The van der Waals surface area contributed by atoms with E-state index in [4.69, 9.17) is 15.2 Å². The van der Waals surface area contributed by atoms with Crippen molar-refractivity contribution in [3.05, 3.63) is 59.2 Å². The lowest BCUT2D eigenvalue weighted by molar-refractivity contribution is -0.119. The smallest absolute Gasteiger partial charge is 0.255 e. The highest BCUT2D eigenvalue weighted by molar-refractivity contribution is 5.79. The molecule has 0 aliphatic heterocycles. The number of nitrogens with one attached hydrogen (secondary N) is 2. The van der Waals surface area contributed by atoms with Crippen LogP contribution in [0.25, 0.3) is 0 Å². The van der Waals surface area contributed by atoms with E-state index >= 15 is 0 Å². The summed E-state index contributed by atoms with van der Waals surface area (Å²) < 4.78 is 10.7. The average Bonchev–Trinajstić information content (AvgIpc) is 2.73. The number of hydrogen-bond acceptors (Lipinski definition) is 4. The number of aliphatic imine (C=N–C) groups is 1. The maximum atomic E-state index is 10.8. The molecule has 0 bridgehead atoms. The van der Waals surface area contributed by atoms with Gasteiger partial charge in [0.15, 0.2) is 12.6 Å². The second-order valence-corrected chi connectivity index (χ2v) is 6.90. The predicted molar refractivity (Wildman–Crippen MR) is 120 cm³/mol. The monoisotopic (exact) mass is 412 g/mol. The Kier molecular flexibility index (Phi) is 9.51. The molecule has 0 heterocycles. The van der Waals surface area contributed by atoms with Crippen molar-refractivity contribution in [3.63, 3.8) is 0 Å². The summed E-state index contributed by atoms with van der Waals surface area (Å²) in [6.07, 6.45) is 1.65. The average molecular weight is 413 g/mol. The molecule has 2 aromatic rings. The Hall–Kier alpha value is -3.22. The van der Waals surface area contributed by atoms with Crippen LogP contribution < -0.4 is 25.8 Å². The number of methoxy groups -OCH3 is 1. The van der Waals surface area contributed by atoms with Gasteiger partial charge in [0.05, 0.1) is 7.11 Å². The summed E-state index contributed by atoms with van der Waals surface area (Å²) >= 11 is 0. The van der Waals surface area contributed by atoms with E-state index in [-0.39, 0.29) is 6.61 Å². The van der Waals surface area contributed by atoms with Crippen molar-refractivity contribution >= 4 is 11.9 Å². The van der Waals surface area contributed by atoms with Gasteiger partial charge in [-0.05, 0) is 56.0 Å². The Morgan fingerprint density at radius 2 is 1.87 bits per heavy atom. The third-order valence-corrected chi connectivity index (χ3v) is 4.44. The predicted octanol–water partition coefficient (Wildman–Crippen LogP) is 2.21. The molecule has 0 spiro atoms. The largest absolute Gasteiger partial charge is 0.496 e. The molecule has 0 radical (unpaired) electrons. The van der Waals surface area contributed by atoms with Gasteiger partial charge >= 0.3 is 0 Å². The highest BCUT2D eigenvalue weighted by Gasteiger charge is 2.04. The summed E-state index contributed by atoms with van der Waals surface area (Å²) in [6.45, 7) is 6.23. The van der Waals surface area contributed by atoms with Crippen LogP contribution in [-0.2, 0) is 17.6 Å². The molecule has 0 atom stereocenters. The summed E-state index contributed by atoms with van der Waals surface area (Å²) in [6, 6.07) is 13.8. The Morgan fingerprint density at radius 3 is 2.53 bits per heavy atom. The minimum Gasteiger partial charge on any atom is -0.496 e. The van der Waals surface area contributed by atoms with E-state index in [1.54, 1.807) is 7.11 Å². The fourth-order valence-corrected chi connectivity index (χ4v) is 2.96. The van der Waals surface area contributed by atoms with Gasteiger partial charge in [-0.25, -0.2) is 0 Å². The fourth-order valence-electron chi connectivity index (χ4n) is 2.96. The summed E-state index contributed by atoms with van der Waals surface area (Å²) in [5.74, 6) is 1.84. The van der Waals surface area contributed by atoms with Crippen molar-refractivity contribution < 1.29 is 14.3 Å². The maximum Gasteiger partial charge on any atom is 0.255 e. The molecule has 4 N–H and O–H groups in total. The summed E-state index contributed by atoms with van der Waals surface area (Å²) in [5.41, 5.74) is 8.62. The number of carbonyl (C=O) groups excluding carboxylic acids is 1. The first-order valence-corrected chi connectivity index (χ1v) is 10.2. The van der Waals surface area contributed by atoms with Crippen molar-refractivity contribution in [3.8, 4) is 11.5 Å². The number of ether oxygens (including phenoxy) is 2. The number of carbonyl (C=O) groups is 1. The zero-order valence-corrected chi connectivity index (χ0v) is 18.0. The molecule has 0 saturated carbocycles. The Balaban J connectivity index is 1.83. The molecule has 1 amide bonds. The zero-order chi connectivity index (χ0) is 21.8. The number of amides is 1. The molecule has 0 unspecified atom stereocenters. The lowest BCUT2D eigenvalue weighted by Crippen LogP contribution is -2.38. The number of rotatable bonds is 11. The van der Waals surface area contributed by atoms with Gasteiger partial charge in [0.2, 0.25) is 0 Å². The minimum atomic E-state index is -0.487. The van der Waals surface area contributed by atoms with E-state index in [0.717, 1.165) is 48.8 Å². The first kappa shape index (κ1) is 23.1. The van der Waals surface area contributed by atoms with Gasteiger partial charge in [0.1, 0.15) is 11.5 Å². The first-order valence-electron chi connectivity index (χ1n) is 10.2. The Morgan fingerprint density at radius 1 is 1.10 bits per heavy atom. The van der Waals surface area contributed by atoms with Crippen molar-refractivity contribution in [2.75, 3.05) is 33.4 Å². The number of guanidine groups is 1. The van der Waals surface area contributed by atoms with E-state index in [1.165, 1.54) is 5.56 Å². The number of benzene rings is 2. The van der Waals surface area contributed by atoms with Crippen LogP contribution >= 0.6 is 0 Å². The van der Waals surface area contributed by atoms with Crippen LogP contribution in [0.1, 0.15) is 23.6 Å². The van der Waals surface area contributed by atoms with Crippen LogP contribution in [0.2, 0.25) is 0 Å². The SMILES string of the molecule is CCNC(=NCCc1cc(C)ccc1OC)NCCc1ccc(OCC(N)=O)cc1. The van der Waals surface area contributed by atoms with Gasteiger partial charge in [0, 0.05) is 19.6 Å².